The third kappa shape index (κ3) is 5.06. The van der Waals surface area contributed by atoms with Crippen LogP contribution >= 0.6 is 0 Å². The maximum atomic E-state index is 12.2. The third-order valence-corrected chi connectivity index (χ3v) is 3.36. The minimum atomic E-state index is -0.585. The number of likely N-dealkylation sites (N-methyl/N-ethyl adjacent to an activating group) is 1. The molecule has 0 bridgehead atoms. The summed E-state index contributed by atoms with van der Waals surface area (Å²) in [6.45, 7) is 5.58. The average Bonchev–Trinajstić information content (AvgIpc) is 3.17. The second kappa shape index (κ2) is 7.33. The number of rotatable bonds is 8. The molecule has 1 aliphatic rings. The number of hydrogen-bond donors (Lipinski definition) is 2. The summed E-state index contributed by atoms with van der Waals surface area (Å²) in [6.07, 6.45) is 2.52. The lowest BCUT2D eigenvalue weighted by Gasteiger charge is -2.25. The largest absolute Gasteiger partial charge is 0.409 e. The van der Waals surface area contributed by atoms with Crippen LogP contribution in [0.5, 0.6) is 0 Å². The highest BCUT2D eigenvalue weighted by molar-refractivity contribution is 6.02. The number of nitrogens with zero attached hydrogens (tertiary/aromatic N) is 2. The lowest BCUT2D eigenvalue weighted by molar-refractivity contribution is -0.133. The minimum Gasteiger partial charge on any atom is -0.409 e. The number of oxime groups is 1. The zero-order chi connectivity index (χ0) is 14.4. The summed E-state index contributed by atoms with van der Waals surface area (Å²) in [4.78, 5) is 13.8. The fraction of sp³-hybridized carbons (Fsp3) is 0.846. The molecular formula is C13H25N3O3. The first-order valence-corrected chi connectivity index (χ1v) is 6.77. The topological polar surface area (TPSA) is 88.2 Å². The molecule has 19 heavy (non-hydrogen) atoms. The first-order valence-electron chi connectivity index (χ1n) is 6.77. The highest BCUT2D eigenvalue weighted by Gasteiger charge is 2.29. The van der Waals surface area contributed by atoms with Crippen molar-refractivity contribution in [3.63, 3.8) is 0 Å². The molecule has 1 fully saturated rings. The van der Waals surface area contributed by atoms with Gasteiger partial charge in [0, 0.05) is 20.2 Å². The molecule has 0 spiro atoms. The normalized spacial score (nSPS) is 17.6. The standard InChI is InChI=1S/C13H25N3O3/c1-9(2)11(12(14)15-18)13(17)16(3)6-7-19-8-10-4-5-10/h9-11,18H,4-8H2,1-3H3,(H2,14,15). The Hall–Kier alpha value is -1.30. The average molecular weight is 271 g/mol. The second-order valence-electron chi connectivity index (χ2n) is 5.52. The highest BCUT2D eigenvalue weighted by Crippen LogP contribution is 2.28. The summed E-state index contributed by atoms with van der Waals surface area (Å²) in [7, 11) is 1.71. The van der Waals surface area contributed by atoms with Gasteiger partial charge in [-0.3, -0.25) is 4.79 Å². The Bertz CT molecular complexity index is 327. The zero-order valence-electron chi connectivity index (χ0n) is 12.0. The van der Waals surface area contributed by atoms with Crippen molar-refractivity contribution < 1.29 is 14.7 Å². The van der Waals surface area contributed by atoms with Gasteiger partial charge < -0.3 is 20.6 Å². The van der Waals surface area contributed by atoms with E-state index in [1.54, 1.807) is 11.9 Å². The molecule has 1 amide bonds. The number of ether oxygens (including phenoxy) is 1. The predicted octanol–water partition coefficient (Wildman–Crippen LogP) is 0.890. The number of hydrogen-bond acceptors (Lipinski definition) is 4. The van der Waals surface area contributed by atoms with Crippen molar-refractivity contribution >= 4 is 11.7 Å². The first kappa shape index (κ1) is 15.8. The number of carbonyl (C=O) groups excluding carboxylic acids is 1. The van der Waals surface area contributed by atoms with Crippen molar-refractivity contribution in [2.24, 2.45) is 28.6 Å². The van der Waals surface area contributed by atoms with Crippen LogP contribution in [-0.2, 0) is 9.53 Å². The molecule has 1 rings (SSSR count). The van der Waals surface area contributed by atoms with Gasteiger partial charge in [0.05, 0.1) is 6.61 Å². The summed E-state index contributed by atoms with van der Waals surface area (Å²) in [5.41, 5.74) is 5.58. The first-order chi connectivity index (χ1) is 8.97. The number of nitrogens with two attached hydrogens (primary N) is 1. The van der Waals surface area contributed by atoms with Crippen LogP contribution in [0.15, 0.2) is 5.16 Å². The van der Waals surface area contributed by atoms with E-state index in [-0.39, 0.29) is 17.7 Å². The van der Waals surface area contributed by atoms with Gasteiger partial charge >= 0.3 is 0 Å². The summed E-state index contributed by atoms with van der Waals surface area (Å²) in [5.74, 6) is -0.0516. The molecule has 1 saturated carbocycles. The van der Waals surface area contributed by atoms with Gasteiger partial charge in [-0.1, -0.05) is 19.0 Å². The maximum Gasteiger partial charge on any atom is 0.233 e. The van der Waals surface area contributed by atoms with Crippen molar-refractivity contribution in [2.45, 2.75) is 26.7 Å². The van der Waals surface area contributed by atoms with Crippen LogP contribution in [0.2, 0.25) is 0 Å². The number of amides is 1. The molecule has 0 radical (unpaired) electrons. The molecule has 0 saturated heterocycles. The van der Waals surface area contributed by atoms with E-state index in [9.17, 15) is 4.79 Å². The van der Waals surface area contributed by atoms with Crippen molar-refractivity contribution in [3.05, 3.63) is 0 Å². The Balaban J connectivity index is 2.38. The van der Waals surface area contributed by atoms with Crippen LogP contribution in [0.25, 0.3) is 0 Å². The lowest BCUT2D eigenvalue weighted by atomic mass is 9.93. The van der Waals surface area contributed by atoms with Gasteiger partial charge in [-0.25, -0.2) is 0 Å². The molecule has 1 unspecified atom stereocenters. The van der Waals surface area contributed by atoms with E-state index in [4.69, 9.17) is 15.7 Å². The zero-order valence-corrected chi connectivity index (χ0v) is 12.0. The van der Waals surface area contributed by atoms with Crippen LogP contribution in [0.1, 0.15) is 26.7 Å². The van der Waals surface area contributed by atoms with E-state index >= 15 is 0 Å². The molecule has 110 valence electrons. The molecule has 0 aliphatic heterocycles. The number of amidine groups is 1. The summed E-state index contributed by atoms with van der Waals surface area (Å²) < 4.78 is 5.50. The van der Waals surface area contributed by atoms with Crippen molar-refractivity contribution in [1.29, 1.82) is 0 Å². The molecule has 1 atom stereocenters. The molecule has 3 N–H and O–H groups in total. The molecule has 0 aromatic carbocycles. The predicted molar refractivity (Wildman–Crippen MR) is 72.9 cm³/mol. The molecular weight excluding hydrogens is 246 g/mol. The second-order valence-corrected chi connectivity index (χ2v) is 5.52. The van der Waals surface area contributed by atoms with Gasteiger partial charge in [0.2, 0.25) is 5.91 Å². The SMILES string of the molecule is CC(C)C(C(=O)N(C)CCOCC1CC1)C(N)=NO. The minimum absolute atomic E-state index is 0.0155. The van der Waals surface area contributed by atoms with Gasteiger partial charge in [0.15, 0.2) is 5.84 Å². The van der Waals surface area contributed by atoms with E-state index in [1.165, 1.54) is 12.8 Å². The monoisotopic (exact) mass is 271 g/mol. The van der Waals surface area contributed by atoms with Gasteiger partial charge in [0.25, 0.3) is 0 Å². The van der Waals surface area contributed by atoms with Crippen molar-refractivity contribution in [3.8, 4) is 0 Å². The van der Waals surface area contributed by atoms with Gasteiger partial charge in [-0.05, 0) is 24.7 Å². The molecule has 1 aliphatic carbocycles. The van der Waals surface area contributed by atoms with Gasteiger partial charge in [0.1, 0.15) is 5.92 Å². The van der Waals surface area contributed by atoms with Gasteiger partial charge in [-0.2, -0.15) is 0 Å². The van der Waals surface area contributed by atoms with Crippen LogP contribution in [0.4, 0.5) is 0 Å². The summed E-state index contributed by atoms with van der Waals surface area (Å²) >= 11 is 0. The summed E-state index contributed by atoms with van der Waals surface area (Å²) in [5, 5.41) is 11.7. The van der Waals surface area contributed by atoms with E-state index < -0.39 is 5.92 Å². The third-order valence-electron chi connectivity index (χ3n) is 3.36. The molecule has 0 aromatic heterocycles. The molecule has 6 nitrogen and oxygen atoms in total. The van der Waals surface area contributed by atoms with E-state index in [2.05, 4.69) is 5.16 Å². The highest BCUT2D eigenvalue weighted by atomic mass is 16.5. The van der Waals surface area contributed by atoms with Crippen LogP contribution in [0.3, 0.4) is 0 Å². The number of carbonyl (C=O) groups is 1. The Morgan fingerprint density at radius 3 is 2.63 bits per heavy atom. The van der Waals surface area contributed by atoms with E-state index in [1.807, 2.05) is 13.8 Å². The molecule has 6 heteroatoms. The Morgan fingerprint density at radius 2 is 2.16 bits per heavy atom. The van der Waals surface area contributed by atoms with Crippen molar-refractivity contribution in [1.82, 2.24) is 4.90 Å². The van der Waals surface area contributed by atoms with Crippen LogP contribution < -0.4 is 5.73 Å². The lowest BCUT2D eigenvalue weighted by Crippen LogP contribution is -2.43. The van der Waals surface area contributed by atoms with Crippen LogP contribution in [0, 0.1) is 17.8 Å². The van der Waals surface area contributed by atoms with Gasteiger partial charge in [-0.15, -0.1) is 0 Å². The smallest absolute Gasteiger partial charge is 0.233 e. The maximum absolute atomic E-state index is 12.2. The fourth-order valence-corrected chi connectivity index (χ4v) is 1.90. The van der Waals surface area contributed by atoms with E-state index in [0.717, 1.165) is 12.5 Å². The molecule has 0 heterocycles. The quantitative estimate of drug-likeness (QED) is 0.226. The Morgan fingerprint density at radius 1 is 1.53 bits per heavy atom. The Labute approximate surface area is 114 Å². The Kier molecular flexibility index (Phi) is 6.08. The van der Waals surface area contributed by atoms with Crippen molar-refractivity contribution in [2.75, 3.05) is 26.8 Å². The fourth-order valence-electron chi connectivity index (χ4n) is 1.90. The molecule has 0 aromatic rings. The van der Waals surface area contributed by atoms with E-state index in [0.29, 0.717) is 13.2 Å². The van der Waals surface area contributed by atoms with Crippen LogP contribution in [-0.4, -0.2) is 48.7 Å². The summed E-state index contributed by atoms with van der Waals surface area (Å²) in [6, 6.07) is 0.